The van der Waals surface area contributed by atoms with Gasteiger partial charge in [0.25, 0.3) is 0 Å². The van der Waals surface area contributed by atoms with Gasteiger partial charge in [0, 0.05) is 19.4 Å². The summed E-state index contributed by atoms with van der Waals surface area (Å²) in [5.41, 5.74) is 0. The molecule has 21 heavy (non-hydrogen) atoms. The monoisotopic (exact) mass is 291 g/mol. The second kappa shape index (κ2) is 7.61. The zero-order valence-electron chi connectivity index (χ0n) is 12.5. The van der Waals surface area contributed by atoms with Crippen molar-refractivity contribution >= 4 is 5.91 Å². The summed E-state index contributed by atoms with van der Waals surface area (Å²) >= 11 is 0. The Kier molecular flexibility index (Phi) is 5.54. The number of furan rings is 1. The highest BCUT2D eigenvalue weighted by molar-refractivity contribution is 5.75. The fraction of sp³-hybridized carbons (Fsp3) is 0.533. The molecule has 6 heteroatoms. The van der Waals surface area contributed by atoms with Crippen LogP contribution in [0.15, 0.2) is 27.3 Å². The third kappa shape index (κ3) is 5.06. The molecule has 2 heterocycles. The normalized spacial score (nSPS) is 11.0. The second-order valence-electron chi connectivity index (χ2n) is 5.38. The van der Waals surface area contributed by atoms with Crippen LogP contribution < -0.4 is 5.32 Å². The Labute approximate surface area is 123 Å². The van der Waals surface area contributed by atoms with Crippen LogP contribution in [-0.2, 0) is 11.2 Å². The quantitative estimate of drug-likeness (QED) is 0.756. The highest BCUT2D eigenvalue weighted by Crippen LogP contribution is 2.16. The van der Waals surface area contributed by atoms with Crippen molar-refractivity contribution in [1.29, 1.82) is 0 Å². The predicted octanol–water partition coefficient (Wildman–Crippen LogP) is 2.81. The molecule has 6 nitrogen and oxygen atoms in total. The Bertz CT molecular complexity index is 546. The first-order valence-electron chi connectivity index (χ1n) is 7.28. The van der Waals surface area contributed by atoms with Gasteiger partial charge in [0.1, 0.15) is 0 Å². The maximum atomic E-state index is 11.7. The number of hydrogen-bond donors (Lipinski definition) is 1. The van der Waals surface area contributed by atoms with E-state index < -0.39 is 0 Å². The van der Waals surface area contributed by atoms with Crippen LogP contribution in [0.4, 0.5) is 0 Å². The largest absolute Gasteiger partial charge is 0.461 e. The van der Waals surface area contributed by atoms with Crippen LogP contribution >= 0.6 is 0 Å². The minimum Gasteiger partial charge on any atom is -0.461 e. The molecule has 0 radical (unpaired) electrons. The number of hydrogen-bond acceptors (Lipinski definition) is 5. The fourth-order valence-electron chi connectivity index (χ4n) is 1.91. The number of nitrogens with one attached hydrogen (secondary N) is 1. The van der Waals surface area contributed by atoms with Gasteiger partial charge in [-0.1, -0.05) is 19.0 Å². The lowest BCUT2D eigenvalue weighted by atomic mass is 10.1. The molecule has 0 aliphatic carbocycles. The molecular formula is C15H21N3O3. The fourth-order valence-corrected chi connectivity index (χ4v) is 1.91. The SMILES string of the molecule is CC(C)CCCNC(=O)CCc1nc(-c2ccco2)no1. The van der Waals surface area contributed by atoms with Gasteiger partial charge in [-0.25, -0.2) is 0 Å². The smallest absolute Gasteiger partial charge is 0.238 e. The molecule has 2 aromatic rings. The molecule has 0 bridgehead atoms. The van der Waals surface area contributed by atoms with Gasteiger partial charge in [0.15, 0.2) is 5.76 Å². The van der Waals surface area contributed by atoms with E-state index in [1.54, 1.807) is 18.4 Å². The predicted molar refractivity (Wildman–Crippen MR) is 77.4 cm³/mol. The molecule has 1 N–H and O–H groups in total. The Morgan fingerprint density at radius 3 is 3.00 bits per heavy atom. The molecule has 0 spiro atoms. The number of aromatic nitrogens is 2. The molecule has 0 unspecified atom stereocenters. The number of carbonyl (C=O) groups excluding carboxylic acids is 1. The van der Waals surface area contributed by atoms with Gasteiger partial charge in [-0.2, -0.15) is 4.98 Å². The van der Waals surface area contributed by atoms with Crippen molar-refractivity contribution in [2.45, 2.75) is 39.5 Å². The van der Waals surface area contributed by atoms with E-state index in [-0.39, 0.29) is 5.91 Å². The van der Waals surface area contributed by atoms with Crippen molar-refractivity contribution in [2.24, 2.45) is 5.92 Å². The van der Waals surface area contributed by atoms with Crippen LogP contribution in [0.1, 0.15) is 39.0 Å². The first-order chi connectivity index (χ1) is 10.1. The van der Waals surface area contributed by atoms with Gasteiger partial charge in [-0.05, 0) is 30.9 Å². The highest BCUT2D eigenvalue weighted by Gasteiger charge is 2.12. The first kappa shape index (κ1) is 15.3. The van der Waals surface area contributed by atoms with E-state index in [0.29, 0.717) is 36.2 Å². The van der Waals surface area contributed by atoms with E-state index in [0.717, 1.165) is 19.4 Å². The average molecular weight is 291 g/mol. The lowest BCUT2D eigenvalue weighted by molar-refractivity contribution is -0.121. The molecule has 0 atom stereocenters. The third-order valence-electron chi connectivity index (χ3n) is 3.06. The number of amides is 1. The second-order valence-corrected chi connectivity index (χ2v) is 5.38. The summed E-state index contributed by atoms with van der Waals surface area (Å²) in [5.74, 6) is 2.09. The lowest BCUT2D eigenvalue weighted by Crippen LogP contribution is -2.24. The maximum Gasteiger partial charge on any atom is 0.238 e. The zero-order valence-corrected chi connectivity index (χ0v) is 12.5. The molecule has 114 valence electrons. The average Bonchev–Trinajstić information content (AvgIpc) is 3.11. The number of rotatable bonds is 8. The number of aryl methyl sites for hydroxylation is 1. The topological polar surface area (TPSA) is 81.2 Å². The van der Waals surface area contributed by atoms with Crippen LogP contribution in [0.5, 0.6) is 0 Å². The van der Waals surface area contributed by atoms with Gasteiger partial charge < -0.3 is 14.3 Å². The summed E-state index contributed by atoms with van der Waals surface area (Å²) < 4.78 is 10.3. The molecule has 0 saturated carbocycles. The number of nitrogens with zero attached hydrogens (tertiary/aromatic N) is 2. The first-order valence-corrected chi connectivity index (χ1v) is 7.28. The van der Waals surface area contributed by atoms with E-state index >= 15 is 0 Å². The molecule has 0 aliphatic rings. The molecule has 0 saturated heterocycles. The molecule has 1 amide bonds. The molecule has 2 rings (SSSR count). The van der Waals surface area contributed by atoms with Gasteiger partial charge in [0.05, 0.1) is 6.26 Å². The van der Waals surface area contributed by atoms with Crippen molar-refractivity contribution in [3.05, 3.63) is 24.3 Å². The Morgan fingerprint density at radius 1 is 1.43 bits per heavy atom. The highest BCUT2D eigenvalue weighted by atomic mass is 16.5. The molecule has 0 aliphatic heterocycles. The van der Waals surface area contributed by atoms with Crippen molar-refractivity contribution in [1.82, 2.24) is 15.5 Å². The van der Waals surface area contributed by atoms with Gasteiger partial charge in [-0.3, -0.25) is 4.79 Å². The van der Waals surface area contributed by atoms with E-state index in [4.69, 9.17) is 8.94 Å². The summed E-state index contributed by atoms with van der Waals surface area (Å²) in [6, 6.07) is 3.52. The van der Waals surface area contributed by atoms with Crippen molar-refractivity contribution in [3.63, 3.8) is 0 Å². The Balaban J connectivity index is 1.69. The van der Waals surface area contributed by atoms with E-state index in [9.17, 15) is 4.79 Å². The third-order valence-corrected chi connectivity index (χ3v) is 3.06. The number of carbonyl (C=O) groups is 1. The minimum atomic E-state index is 0.0107. The van der Waals surface area contributed by atoms with Crippen LogP contribution in [0, 0.1) is 5.92 Å². The molecular weight excluding hydrogens is 270 g/mol. The minimum absolute atomic E-state index is 0.0107. The Hall–Kier alpha value is -2.11. The van der Waals surface area contributed by atoms with Crippen LogP contribution in [-0.4, -0.2) is 22.6 Å². The van der Waals surface area contributed by atoms with E-state index in [1.807, 2.05) is 0 Å². The van der Waals surface area contributed by atoms with Crippen molar-refractivity contribution in [2.75, 3.05) is 6.54 Å². The van der Waals surface area contributed by atoms with Crippen LogP contribution in [0.3, 0.4) is 0 Å². The summed E-state index contributed by atoms with van der Waals surface area (Å²) in [6.07, 6.45) is 4.46. The summed E-state index contributed by atoms with van der Waals surface area (Å²) in [5, 5.41) is 6.72. The summed E-state index contributed by atoms with van der Waals surface area (Å²) in [6.45, 7) is 5.07. The van der Waals surface area contributed by atoms with E-state index in [1.165, 1.54) is 0 Å². The zero-order chi connectivity index (χ0) is 15.1. The summed E-state index contributed by atoms with van der Waals surface area (Å²) in [4.78, 5) is 15.9. The summed E-state index contributed by atoms with van der Waals surface area (Å²) in [7, 11) is 0. The lowest BCUT2D eigenvalue weighted by Gasteiger charge is -2.05. The van der Waals surface area contributed by atoms with Crippen LogP contribution in [0.2, 0.25) is 0 Å². The van der Waals surface area contributed by atoms with Crippen LogP contribution in [0.25, 0.3) is 11.6 Å². The van der Waals surface area contributed by atoms with Gasteiger partial charge in [0.2, 0.25) is 17.6 Å². The van der Waals surface area contributed by atoms with Gasteiger partial charge >= 0.3 is 0 Å². The standard InChI is InChI=1S/C15H21N3O3/c1-11(2)5-3-9-16-13(19)7-8-14-17-15(18-21-14)12-6-4-10-20-12/h4,6,10-11H,3,5,7-9H2,1-2H3,(H,16,19). The van der Waals surface area contributed by atoms with Crippen molar-refractivity contribution < 1.29 is 13.7 Å². The van der Waals surface area contributed by atoms with Crippen molar-refractivity contribution in [3.8, 4) is 11.6 Å². The molecule has 0 aromatic carbocycles. The molecule has 2 aromatic heterocycles. The van der Waals surface area contributed by atoms with Gasteiger partial charge in [-0.15, -0.1) is 0 Å². The Morgan fingerprint density at radius 2 is 2.29 bits per heavy atom. The maximum absolute atomic E-state index is 11.7. The molecule has 0 fully saturated rings. The van der Waals surface area contributed by atoms with E-state index in [2.05, 4.69) is 29.3 Å².